The summed E-state index contributed by atoms with van der Waals surface area (Å²) in [5, 5.41) is 12.9. The minimum absolute atomic E-state index is 0.0226. The highest BCUT2D eigenvalue weighted by Gasteiger charge is 2.34. The second-order valence-corrected chi connectivity index (χ2v) is 2.77. The molecule has 0 bridgehead atoms. The van der Waals surface area contributed by atoms with E-state index in [1.54, 1.807) is 0 Å². The molecule has 2 rings (SSSR count). The van der Waals surface area contributed by atoms with Crippen molar-refractivity contribution in [2.24, 2.45) is 0 Å². The van der Waals surface area contributed by atoms with Gasteiger partial charge in [-0.2, -0.15) is 0 Å². The third-order valence-electron chi connectivity index (χ3n) is 2.05. The molecule has 1 saturated heterocycles. The highest BCUT2D eigenvalue weighted by atomic mass is 15.4. The Labute approximate surface area is 60.1 Å². The zero-order chi connectivity index (χ0) is 7.03. The van der Waals surface area contributed by atoms with E-state index in [1.165, 1.54) is 5.70 Å². The van der Waals surface area contributed by atoms with Crippen LogP contribution in [-0.4, -0.2) is 19.0 Å². The van der Waals surface area contributed by atoms with Crippen molar-refractivity contribution in [2.45, 2.75) is 12.6 Å². The third-order valence-corrected chi connectivity index (χ3v) is 2.05. The van der Waals surface area contributed by atoms with E-state index in [4.69, 9.17) is 0 Å². The topological polar surface area (TPSA) is 48.1 Å². The predicted molar refractivity (Wildman–Crippen MR) is 38.8 cm³/mol. The van der Waals surface area contributed by atoms with Crippen molar-refractivity contribution in [3.05, 3.63) is 11.9 Å². The van der Waals surface area contributed by atoms with Crippen molar-refractivity contribution >= 4 is 0 Å². The zero-order valence-corrected chi connectivity index (χ0v) is 5.99. The molecule has 1 atom stereocenters. The van der Waals surface area contributed by atoms with Gasteiger partial charge >= 0.3 is 0 Å². The SMILES string of the molecule is CC12NCNC=C1NCN2. The van der Waals surface area contributed by atoms with Gasteiger partial charge in [0.25, 0.3) is 0 Å². The Morgan fingerprint density at radius 3 is 3.00 bits per heavy atom. The van der Waals surface area contributed by atoms with Gasteiger partial charge in [-0.25, -0.2) is 0 Å². The molecule has 4 N–H and O–H groups in total. The van der Waals surface area contributed by atoms with Crippen LogP contribution in [0.2, 0.25) is 0 Å². The van der Waals surface area contributed by atoms with Gasteiger partial charge in [0, 0.05) is 6.20 Å². The van der Waals surface area contributed by atoms with Gasteiger partial charge in [0.05, 0.1) is 19.0 Å². The minimum Gasteiger partial charge on any atom is -0.377 e. The Bertz CT molecular complexity index is 177. The van der Waals surface area contributed by atoms with Crippen molar-refractivity contribution in [3.8, 4) is 0 Å². The van der Waals surface area contributed by atoms with E-state index < -0.39 is 0 Å². The maximum absolute atomic E-state index is 3.30. The molecule has 0 aliphatic carbocycles. The molecule has 2 aliphatic rings. The van der Waals surface area contributed by atoms with Gasteiger partial charge in [-0.05, 0) is 6.92 Å². The van der Waals surface area contributed by atoms with Crippen LogP contribution in [0.25, 0.3) is 0 Å². The zero-order valence-electron chi connectivity index (χ0n) is 5.99. The molecule has 1 fully saturated rings. The third kappa shape index (κ3) is 0.693. The summed E-state index contributed by atoms with van der Waals surface area (Å²) in [6, 6.07) is 0. The lowest BCUT2D eigenvalue weighted by atomic mass is 10.1. The molecule has 0 aromatic carbocycles. The fourth-order valence-electron chi connectivity index (χ4n) is 1.32. The van der Waals surface area contributed by atoms with Crippen LogP contribution in [0.1, 0.15) is 6.92 Å². The number of hydrogen-bond donors (Lipinski definition) is 4. The maximum atomic E-state index is 3.30. The van der Waals surface area contributed by atoms with E-state index in [2.05, 4.69) is 28.2 Å². The van der Waals surface area contributed by atoms with Gasteiger partial charge in [-0.15, -0.1) is 0 Å². The van der Waals surface area contributed by atoms with Crippen LogP contribution in [0.3, 0.4) is 0 Å². The monoisotopic (exact) mass is 140 g/mol. The molecule has 0 aromatic rings. The van der Waals surface area contributed by atoms with E-state index in [-0.39, 0.29) is 5.66 Å². The molecule has 4 nitrogen and oxygen atoms in total. The van der Waals surface area contributed by atoms with Gasteiger partial charge in [-0.1, -0.05) is 0 Å². The van der Waals surface area contributed by atoms with Crippen LogP contribution in [0.15, 0.2) is 11.9 Å². The second-order valence-electron chi connectivity index (χ2n) is 2.77. The van der Waals surface area contributed by atoms with Gasteiger partial charge in [0.15, 0.2) is 0 Å². The highest BCUT2D eigenvalue weighted by molar-refractivity contribution is 5.21. The molecule has 4 heteroatoms. The normalized spacial score (nSPS) is 37.5. The highest BCUT2D eigenvalue weighted by Crippen LogP contribution is 2.15. The van der Waals surface area contributed by atoms with Crippen molar-refractivity contribution in [3.63, 3.8) is 0 Å². The number of rotatable bonds is 0. The summed E-state index contributed by atoms with van der Waals surface area (Å²) < 4.78 is 0. The summed E-state index contributed by atoms with van der Waals surface area (Å²) in [4.78, 5) is 0. The summed E-state index contributed by atoms with van der Waals surface area (Å²) in [7, 11) is 0. The van der Waals surface area contributed by atoms with Gasteiger partial charge < -0.3 is 10.6 Å². The molecule has 1 unspecified atom stereocenters. The largest absolute Gasteiger partial charge is 0.377 e. The van der Waals surface area contributed by atoms with E-state index >= 15 is 0 Å². The molecule has 56 valence electrons. The first-order chi connectivity index (χ1) is 4.81. The average Bonchev–Trinajstić information content (AvgIpc) is 2.29. The van der Waals surface area contributed by atoms with Crippen molar-refractivity contribution < 1.29 is 0 Å². The average molecular weight is 140 g/mol. The number of nitrogens with one attached hydrogen (secondary N) is 4. The molecular weight excluding hydrogens is 128 g/mol. The molecular formula is C6H12N4. The Morgan fingerprint density at radius 1 is 1.40 bits per heavy atom. The van der Waals surface area contributed by atoms with E-state index in [1.807, 2.05) is 6.20 Å². The fraction of sp³-hybridized carbons (Fsp3) is 0.667. The first-order valence-electron chi connectivity index (χ1n) is 3.49. The van der Waals surface area contributed by atoms with Crippen LogP contribution in [0.4, 0.5) is 0 Å². The minimum atomic E-state index is -0.0226. The first-order valence-corrected chi connectivity index (χ1v) is 3.49. The van der Waals surface area contributed by atoms with E-state index in [0.717, 1.165) is 13.3 Å². The fourth-order valence-corrected chi connectivity index (χ4v) is 1.32. The van der Waals surface area contributed by atoms with Gasteiger partial charge in [-0.3, -0.25) is 10.6 Å². The Hall–Kier alpha value is -0.740. The van der Waals surface area contributed by atoms with Crippen molar-refractivity contribution in [1.29, 1.82) is 0 Å². The lowest BCUT2D eigenvalue weighted by Gasteiger charge is -2.30. The summed E-state index contributed by atoms with van der Waals surface area (Å²) in [6.07, 6.45) is 2.01. The maximum Gasteiger partial charge on any atom is 0.111 e. The second kappa shape index (κ2) is 1.87. The number of hydrogen-bond acceptors (Lipinski definition) is 4. The van der Waals surface area contributed by atoms with Crippen molar-refractivity contribution in [2.75, 3.05) is 13.3 Å². The number of fused-ring (bicyclic) bond motifs is 1. The molecule has 0 saturated carbocycles. The van der Waals surface area contributed by atoms with Gasteiger partial charge in [0.2, 0.25) is 0 Å². The molecule has 2 heterocycles. The molecule has 0 aromatic heterocycles. The Balaban J connectivity index is 2.28. The van der Waals surface area contributed by atoms with Crippen molar-refractivity contribution in [1.82, 2.24) is 21.3 Å². The molecule has 2 aliphatic heterocycles. The van der Waals surface area contributed by atoms with Crippen LogP contribution < -0.4 is 21.3 Å². The standard InChI is InChI=1S/C6H12N4/c1-6-5(8-4-10-6)2-7-3-9-6/h2,7-10H,3-4H2,1H3. The van der Waals surface area contributed by atoms with Crippen LogP contribution >= 0.6 is 0 Å². The lowest BCUT2D eigenvalue weighted by molar-refractivity contribution is 0.356. The summed E-state index contributed by atoms with van der Waals surface area (Å²) in [5.74, 6) is 0. The van der Waals surface area contributed by atoms with E-state index in [9.17, 15) is 0 Å². The predicted octanol–water partition coefficient (Wildman–Crippen LogP) is -1.16. The van der Waals surface area contributed by atoms with Crippen LogP contribution in [0, 0.1) is 0 Å². The Morgan fingerprint density at radius 2 is 2.20 bits per heavy atom. The van der Waals surface area contributed by atoms with Crippen LogP contribution in [-0.2, 0) is 0 Å². The molecule has 10 heavy (non-hydrogen) atoms. The molecule has 0 spiro atoms. The van der Waals surface area contributed by atoms with E-state index in [0.29, 0.717) is 0 Å². The first kappa shape index (κ1) is 6.00. The molecule has 0 radical (unpaired) electrons. The smallest absolute Gasteiger partial charge is 0.111 e. The summed E-state index contributed by atoms with van der Waals surface area (Å²) >= 11 is 0. The summed E-state index contributed by atoms with van der Waals surface area (Å²) in [5.41, 5.74) is 1.17. The molecule has 0 amide bonds. The lowest BCUT2D eigenvalue weighted by Crippen LogP contribution is -2.56. The quantitative estimate of drug-likeness (QED) is 0.343. The van der Waals surface area contributed by atoms with Gasteiger partial charge in [0.1, 0.15) is 5.66 Å². The summed E-state index contributed by atoms with van der Waals surface area (Å²) in [6.45, 7) is 3.80. The van der Waals surface area contributed by atoms with Crippen LogP contribution in [0.5, 0.6) is 0 Å². The Kier molecular flexibility index (Phi) is 1.12.